The van der Waals surface area contributed by atoms with Gasteiger partial charge in [-0.25, -0.2) is 0 Å². The lowest BCUT2D eigenvalue weighted by molar-refractivity contribution is 0.263. The normalized spacial score (nSPS) is 14.2. The van der Waals surface area contributed by atoms with Gasteiger partial charge in [-0.05, 0) is 74.0 Å². The van der Waals surface area contributed by atoms with E-state index in [2.05, 4.69) is 55.7 Å². The van der Waals surface area contributed by atoms with Crippen LogP contribution in [0, 0.1) is 37.5 Å². The van der Waals surface area contributed by atoms with Gasteiger partial charge in [0.1, 0.15) is 18.5 Å². The summed E-state index contributed by atoms with van der Waals surface area (Å²) in [6.45, 7) is 5.57. The first-order chi connectivity index (χ1) is 14.2. The van der Waals surface area contributed by atoms with Crippen LogP contribution in [0.15, 0.2) is 66.7 Å². The minimum Gasteiger partial charge on any atom is -0.491 e. The molecular weight excluding hydrogens is 356 g/mol. The molecule has 3 aromatic carbocycles. The van der Waals surface area contributed by atoms with Crippen molar-refractivity contribution in [2.75, 3.05) is 13.2 Å². The molecule has 1 aliphatic heterocycles. The van der Waals surface area contributed by atoms with Crippen LogP contribution in [-0.4, -0.2) is 19.3 Å². The van der Waals surface area contributed by atoms with Crippen LogP contribution in [-0.2, 0) is 4.74 Å². The van der Waals surface area contributed by atoms with Gasteiger partial charge in [-0.1, -0.05) is 41.4 Å². The summed E-state index contributed by atoms with van der Waals surface area (Å²) in [5, 5.41) is 0. The Morgan fingerprint density at radius 1 is 0.793 bits per heavy atom. The van der Waals surface area contributed by atoms with E-state index in [0.717, 1.165) is 40.2 Å². The molecule has 0 aromatic heterocycles. The second kappa shape index (κ2) is 8.70. The zero-order valence-electron chi connectivity index (χ0n) is 16.7. The SMILES string of the molecule is Cc1ccc(C#Cc2ccc(C#Cc3ccc(OCC4CO4)cc3)cc2C)cc1. The molecule has 0 radical (unpaired) electrons. The smallest absolute Gasteiger partial charge is 0.119 e. The second-order valence-electron chi connectivity index (χ2n) is 7.19. The predicted molar refractivity (Wildman–Crippen MR) is 116 cm³/mol. The van der Waals surface area contributed by atoms with E-state index >= 15 is 0 Å². The van der Waals surface area contributed by atoms with E-state index in [1.807, 2.05) is 48.5 Å². The van der Waals surface area contributed by atoms with Gasteiger partial charge >= 0.3 is 0 Å². The fourth-order valence-electron chi connectivity index (χ4n) is 2.79. The maximum atomic E-state index is 5.65. The second-order valence-corrected chi connectivity index (χ2v) is 7.19. The van der Waals surface area contributed by atoms with E-state index < -0.39 is 0 Å². The van der Waals surface area contributed by atoms with E-state index in [9.17, 15) is 0 Å². The first kappa shape index (κ1) is 18.9. The summed E-state index contributed by atoms with van der Waals surface area (Å²) >= 11 is 0. The molecule has 3 aromatic rings. The van der Waals surface area contributed by atoms with Crippen molar-refractivity contribution in [2.24, 2.45) is 0 Å². The molecule has 1 unspecified atom stereocenters. The van der Waals surface area contributed by atoms with Crippen LogP contribution in [0.25, 0.3) is 0 Å². The van der Waals surface area contributed by atoms with E-state index in [4.69, 9.17) is 9.47 Å². The van der Waals surface area contributed by atoms with E-state index in [0.29, 0.717) is 6.61 Å². The van der Waals surface area contributed by atoms with Crippen LogP contribution in [0.4, 0.5) is 0 Å². The lowest BCUT2D eigenvalue weighted by Crippen LogP contribution is -2.03. The summed E-state index contributed by atoms with van der Waals surface area (Å²) in [5.41, 5.74) is 6.36. The molecule has 0 N–H and O–H groups in total. The van der Waals surface area contributed by atoms with Gasteiger partial charge in [-0.2, -0.15) is 0 Å². The first-order valence-electron chi connectivity index (χ1n) is 9.71. The molecule has 0 spiro atoms. The molecule has 1 atom stereocenters. The molecule has 1 aliphatic rings. The maximum Gasteiger partial charge on any atom is 0.119 e. The van der Waals surface area contributed by atoms with Gasteiger partial charge in [0.15, 0.2) is 0 Å². The van der Waals surface area contributed by atoms with Crippen LogP contribution in [0.5, 0.6) is 5.75 Å². The molecule has 0 amide bonds. The highest BCUT2D eigenvalue weighted by Crippen LogP contribution is 2.16. The molecule has 1 saturated heterocycles. The Hall–Kier alpha value is -3.46. The summed E-state index contributed by atoms with van der Waals surface area (Å²) in [6.07, 6.45) is 0.266. The highest BCUT2D eigenvalue weighted by atomic mass is 16.6. The molecule has 0 saturated carbocycles. The zero-order chi connectivity index (χ0) is 20.1. The molecule has 1 heterocycles. The van der Waals surface area contributed by atoms with Gasteiger partial charge in [0.05, 0.1) is 6.61 Å². The van der Waals surface area contributed by atoms with Crippen molar-refractivity contribution in [3.8, 4) is 29.4 Å². The van der Waals surface area contributed by atoms with Gasteiger partial charge in [-0.3, -0.25) is 0 Å². The van der Waals surface area contributed by atoms with Crippen molar-refractivity contribution in [3.05, 3.63) is 100 Å². The minimum absolute atomic E-state index is 0.266. The van der Waals surface area contributed by atoms with Crippen molar-refractivity contribution < 1.29 is 9.47 Å². The number of hydrogen-bond donors (Lipinski definition) is 0. The molecule has 1 fully saturated rings. The third kappa shape index (κ3) is 5.52. The average molecular weight is 378 g/mol. The third-order valence-corrected chi connectivity index (χ3v) is 4.66. The Kier molecular flexibility index (Phi) is 5.66. The van der Waals surface area contributed by atoms with Gasteiger partial charge in [0.2, 0.25) is 0 Å². The number of aryl methyl sites for hydroxylation is 2. The number of rotatable bonds is 3. The highest BCUT2D eigenvalue weighted by Gasteiger charge is 2.22. The summed E-state index contributed by atoms with van der Waals surface area (Å²) in [5.74, 6) is 13.8. The monoisotopic (exact) mass is 378 g/mol. The van der Waals surface area contributed by atoms with E-state index in [-0.39, 0.29) is 6.10 Å². The molecule has 0 bridgehead atoms. The van der Waals surface area contributed by atoms with Crippen molar-refractivity contribution in [1.29, 1.82) is 0 Å². The zero-order valence-corrected chi connectivity index (χ0v) is 16.7. The Bertz CT molecular complexity index is 1110. The fraction of sp³-hybridized carbons (Fsp3) is 0.185. The molecule has 29 heavy (non-hydrogen) atoms. The standard InChI is InChI=1S/C27H22O2/c1-20-3-5-22(6-4-20)9-13-25-14-10-24(17-21(25)2)8-7-23-11-15-26(16-12-23)28-18-27-19-29-27/h3-6,10-12,14-17,27H,18-19H2,1-2H3. The minimum atomic E-state index is 0.266. The fourth-order valence-corrected chi connectivity index (χ4v) is 2.79. The third-order valence-electron chi connectivity index (χ3n) is 4.66. The van der Waals surface area contributed by atoms with Gasteiger partial charge < -0.3 is 9.47 Å². The number of epoxide rings is 1. The quantitative estimate of drug-likeness (QED) is 0.479. The van der Waals surface area contributed by atoms with Crippen molar-refractivity contribution in [2.45, 2.75) is 20.0 Å². The summed E-state index contributed by atoms with van der Waals surface area (Å²) < 4.78 is 10.8. The topological polar surface area (TPSA) is 21.8 Å². The van der Waals surface area contributed by atoms with Gasteiger partial charge in [0, 0.05) is 22.3 Å². The maximum absolute atomic E-state index is 5.65. The van der Waals surface area contributed by atoms with Crippen LogP contribution >= 0.6 is 0 Å². The highest BCUT2D eigenvalue weighted by molar-refractivity contribution is 5.51. The lowest BCUT2D eigenvalue weighted by Gasteiger charge is -2.03. The summed E-state index contributed by atoms with van der Waals surface area (Å²) in [4.78, 5) is 0. The Labute approximate surface area is 172 Å². The number of benzene rings is 3. The van der Waals surface area contributed by atoms with Crippen LogP contribution in [0.2, 0.25) is 0 Å². The van der Waals surface area contributed by atoms with E-state index in [1.165, 1.54) is 5.56 Å². The van der Waals surface area contributed by atoms with Crippen molar-refractivity contribution in [3.63, 3.8) is 0 Å². The molecule has 0 aliphatic carbocycles. The summed E-state index contributed by atoms with van der Waals surface area (Å²) in [6, 6.07) is 22.2. The van der Waals surface area contributed by atoms with Crippen LogP contribution < -0.4 is 4.74 Å². The molecule has 2 heteroatoms. The number of ether oxygens (including phenoxy) is 2. The molecule has 4 rings (SSSR count). The molecule has 142 valence electrons. The lowest BCUT2D eigenvalue weighted by atomic mass is 10.0. The molecule has 2 nitrogen and oxygen atoms in total. The molecular formula is C27H22O2. The van der Waals surface area contributed by atoms with Gasteiger partial charge in [0.25, 0.3) is 0 Å². The van der Waals surface area contributed by atoms with Crippen molar-refractivity contribution >= 4 is 0 Å². The Morgan fingerprint density at radius 3 is 2.03 bits per heavy atom. The number of hydrogen-bond acceptors (Lipinski definition) is 2. The van der Waals surface area contributed by atoms with Crippen LogP contribution in [0.3, 0.4) is 0 Å². The Balaban J connectivity index is 1.42. The largest absolute Gasteiger partial charge is 0.491 e. The predicted octanol–water partition coefficient (Wildman–Crippen LogP) is 4.88. The van der Waals surface area contributed by atoms with Gasteiger partial charge in [-0.15, -0.1) is 0 Å². The average Bonchev–Trinajstić information content (AvgIpc) is 3.56. The summed E-state index contributed by atoms with van der Waals surface area (Å²) in [7, 11) is 0. The van der Waals surface area contributed by atoms with Crippen molar-refractivity contribution in [1.82, 2.24) is 0 Å². The van der Waals surface area contributed by atoms with Crippen LogP contribution in [0.1, 0.15) is 33.4 Å². The van der Waals surface area contributed by atoms with E-state index in [1.54, 1.807) is 0 Å². The first-order valence-corrected chi connectivity index (χ1v) is 9.71. The Morgan fingerprint density at radius 2 is 1.38 bits per heavy atom.